The first-order valence-electron chi connectivity index (χ1n) is 5.91. The monoisotopic (exact) mass is 523 g/mol. The van der Waals surface area contributed by atoms with Gasteiger partial charge < -0.3 is 18.9 Å². The molecule has 3 aliphatic heterocycles. The van der Waals surface area contributed by atoms with Gasteiger partial charge in [-0.1, -0.05) is 0 Å². The smallest absolute Gasteiger partial charge is 0.423 e. The summed E-state index contributed by atoms with van der Waals surface area (Å²) in [7, 11) is 0. The Kier molecular flexibility index (Phi) is 4.92. The number of nitrogens with zero attached hydrogens (tertiary/aromatic N) is 2. The van der Waals surface area contributed by atoms with Crippen molar-refractivity contribution >= 4 is 60.2 Å². The summed E-state index contributed by atoms with van der Waals surface area (Å²) in [5, 5.41) is 0. The lowest BCUT2D eigenvalue weighted by molar-refractivity contribution is -0.0392. The highest BCUT2D eigenvalue weighted by Crippen LogP contribution is 2.24. The van der Waals surface area contributed by atoms with Gasteiger partial charge in [0.1, 0.15) is 6.61 Å². The van der Waals surface area contributed by atoms with Crippen molar-refractivity contribution in [2.24, 2.45) is 0 Å². The maximum atomic E-state index is 11.6. The van der Waals surface area contributed by atoms with Crippen molar-refractivity contribution in [2.75, 3.05) is 13.2 Å². The van der Waals surface area contributed by atoms with Gasteiger partial charge in [0.25, 0.3) is 0 Å². The molecule has 1 N–H and O–H groups in total. The van der Waals surface area contributed by atoms with Crippen molar-refractivity contribution in [1.29, 1.82) is 0 Å². The highest BCUT2D eigenvalue weighted by Gasteiger charge is 2.40. The van der Waals surface area contributed by atoms with Crippen molar-refractivity contribution in [1.82, 2.24) is 11.5 Å². The zero-order valence-electron chi connectivity index (χ0n) is 10.5. The fraction of sp³-hybridized carbons (Fsp3) is 0.500. The minimum atomic E-state index is -0.668. The molecule has 3 atom stereocenters. The molecule has 0 aliphatic carbocycles. The topological polar surface area (TPSA) is 92.4 Å². The van der Waals surface area contributed by atoms with Gasteiger partial charge in [0.2, 0.25) is 0 Å². The van der Waals surface area contributed by atoms with E-state index in [0.29, 0.717) is 0 Å². The summed E-state index contributed by atoms with van der Waals surface area (Å²) in [6.07, 6.45) is 1.02. The van der Waals surface area contributed by atoms with E-state index in [1.54, 1.807) is 16.5 Å². The SMILES string of the molecule is O=C(OCC(COC1OC1NI)OC(=O)N1C=I1)N1C=C1. The molecule has 0 radical (unpaired) electrons. The van der Waals surface area contributed by atoms with Gasteiger partial charge in [0, 0.05) is 56.3 Å². The summed E-state index contributed by atoms with van der Waals surface area (Å²) >= 11 is 1.65. The van der Waals surface area contributed by atoms with Crippen molar-refractivity contribution in [3.8, 4) is 0 Å². The second kappa shape index (κ2) is 6.72. The maximum Gasteiger partial charge on any atom is 0.423 e. The lowest BCUT2D eigenvalue weighted by atomic mass is 10.4. The molecule has 3 heterocycles. The molecule has 11 heteroatoms. The van der Waals surface area contributed by atoms with Crippen molar-refractivity contribution in [3.63, 3.8) is 0 Å². The lowest BCUT2D eigenvalue weighted by Gasteiger charge is -2.17. The third-order valence-corrected chi connectivity index (χ3v) is 4.67. The van der Waals surface area contributed by atoms with Gasteiger partial charge in [0.15, 0.2) is 18.6 Å². The largest absolute Gasteiger partial charge is 0.445 e. The van der Waals surface area contributed by atoms with Gasteiger partial charge in [-0.2, -0.15) is 0 Å². The fourth-order valence-electron chi connectivity index (χ4n) is 1.31. The molecule has 2 amide bonds. The first kappa shape index (κ1) is 15.4. The number of nitrogens with one attached hydrogen (secondary N) is 1. The van der Waals surface area contributed by atoms with Crippen LogP contribution in [0.25, 0.3) is 0 Å². The maximum absolute atomic E-state index is 11.6. The minimum absolute atomic E-state index is 0.0655. The van der Waals surface area contributed by atoms with Crippen LogP contribution in [0.2, 0.25) is 0 Å². The zero-order chi connectivity index (χ0) is 14.8. The first-order valence-corrected chi connectivity index (χ1v) is 9.20. The van der Waals surface area contributed by atoms with Crippen LogP contribution < -0.4 is 3.53 Å². The number of carbonyl (C=O) groups is 2. The molecule has 3 aliphatic rings. The van der Waals surface area contributed by atoms with Gasteiger partial charge >= 0.3 is 12.2 Å². The molecular weight excluding hydrogens is 512 g/mol. The van der Waals surface area contributed by atoms with E-state index in [-0.39, 0.29) is 46.7 Å². The number of carbonyl (C=O) groups excluding carboxylic acids is 2. The summed E-state index contributed by atoms with van der Waals surface area (Å²) < 4.78 is 27.0. The number of ether oxygens (including phenoxy) is 4. The minimum Gasteiger partial charge on any atom is -0.445 e. The van der Waals surface area contributed by atoms with Crippen LogP contribution in [0.3, 0.4) is 0 Å². The normalized spacial score (nSPS) is 26.0. The van der Waals surface area contributed by atoms with E-state index in [0.717, 1.165) is 0 Å². The quantitative estimate of drug-likeness (QED) is 0.303. The Balaban J connectivity index is 1.42. The predicted molar refractivity (Wildman–Crippen MR) is 86.3 cm³/mol. The summed E-state index contributed by atoms with van der Waals surface area (Å²) in [6.45, 7) is 0.0298. The summed E-state index contributed by atoms with van der Waals surface area (Å²) in [6, 6.07) is 0. The Bertz CT molecular complexity index is 489. The third-order valence-electron chi connectivity index (χ3n) is 2.54. The van der Waals surface area contributed by atoms with Gasteiger partial charge in [-0.25, -0.2) is 16.2 Å². The zero-order valence-corrected chi connectivity index (χ0v) is 14.8. The Morgan fingerprint density at radius 1 is 1.38 bits per heavy atom. The summed E-state index contributed by atoms with van der Waals surface area (Å²) in [5.74, 6) is 0. The van der Waals surface area contributed by atoms with Crippen molar-refractivity contribution in [2.45, 2.75) is 18.6 Å². The molecule has 0 aromatic heterocycles. The molecule has 1 fully saturated rings. The van der Waals surface area contributed by atoms with E-state index in [2.05, 4.69) is 3.53 Å². The van der Waals surface area contributed by atoms with Crippen molar-refractivity contribution in [3.05, 3.63) is 12.4 Å². The van der Waals surface area contributed by atoms with E-state index in [4.69, 9.17) is 18.9 Å². The Morgan fingerprint density at radius 2 is 2.14 bits per heavy atom. The molecule has 3 rings (SSSR count). The molecule has 3 unspecified atom stereocenters. The average Bonchev–Trinajstić information content (AvgIpc) is 3.35. The van der Waals surface area contributed by atoms with Crippen LogP contribution in [0.4, 0.5) is 9.59 Å². The number of epoxide rings is 1. The molecule has 9 nitrogen and oxygen atoms in total. The number of hydrogen-bond acceptors (Lipinski definition) is 7. The number of halogens is 2. The Labute approximate surface area is 144 Å². The van der Waals surface area contributed by atoms with E-state index in [1.165, 1.54) is 8.01 Å². The van der Waals surface area contributed by atoms with Crippen LogP contribution in [0.15, 0.2) is 12.4 Å². The van der Waals surface area contributed by atoms with E-state index in [9.17, 15) is 9.59 Å². The molecule has 0 aromatic carbocycles. The van der Waals surface area contributed by atoms with Crippen LogP contribution in [-0.4, -0.2) is 56.2 Å². The molecule has 0 saturated carbocycles. The Hall–Kier alpha value is -0.510. The van der Waals surface area contributed by atoms with Gasteiger partial charge in [-0.3, -0.25) is 4.90 Å². The number of amides is 2. The Morgan fingerprint density at radius 3 is 2.71 bits per heavy atom. The molecule has 0 spiro atoms. The van der Waals surface area contributed by atoms with Gasteiger partial charge in [0.05, 0.1) is 10.7 Å². The second-order valence-electron chi connectivity index (χ2n) is 4.16. The fourth-order valence-corrected chi connectivity index (χ4v) is 2.44. The highest BCUT2D eigenvalue weighted by atomic mass is 127. The molecule has 21 heavy (non-hydrogen) atoms. The van der Waals surface area contributed by atoms with Crippen molar-refractivity contribution < 1.29 is 28.5 Å². The second-order valence-corrected chi connectivity index (χ2v) is 6.94. The molecule has 0 bridgehead atoms. The summed E-state index contributed by atoms with van der Waals surface area (Å²) in [4.78, 5) is 24.3. The highest BCUT2D eigenvalue weighted by molar-refractivity contribution is 14.2. The average molecular weight is 523 g/mol. The van der Waals surface area contributed by atoms with Crippen LogP contribution in [0, 0.1) is 0 Å². The van der Waals surface area contributed by atoms with Crippen LogP contribution >= 0.6 is 43.9 Å². The van der Waals surface area contributed by atoms with Gasteiger partial charge in [-0.15, -0.1) is 0 Å². The lowest BCUT2D eigenvalue weighted by Crippen LogP contribution is -2.33. The predicted octanol–water partition coefficient (Wildman–Crippen LogP) is 1.01. The van der Waals surface area contributed by atoms with Gasteiger partial charge in [-0.05, 0) is 0 Å². The molecule has 1 saturated heterocycles. The molecule has 0 aromatic rings. The van der Waals surface area contributed by atoms with Crippen LogP contribution in [-0.2, 0) is 18.9 Å². The number of hydrogen-bond donors (Lipinski definition) is 1. The van der Waals surface area contributed by atoms with E-state index >= 15 is 0 Å². The summed E-state index contributed by atoms with van der Waals surface area (Å²) in [5.41, 5.74) is 0. The first-order chi connectivity index (χ1) is 10.2. The van der Waals surface area contributed by atoms with Crippen LogP contribution in [0.1, 0.15) is 0 Å². The standard InChI is InChI=1S/C10H11I2N3O6/c11-13-7-8(21-7)18-3-6(20-10(17)15-5-12-15)4-19-9(16)14-1-2-14/h1-2,5-8,13H,3-4H2. The van der Waals surface area contributed by atoms with Crippen LogP contribution in [0.5, 0.6) is 0 Å². The third kappa shape index (κ3) is 4.73. The van der Waals surface area contributed by atoms with E-state index in [1.807, 2.05) is 22.9 Å². The number of rotatable bonds is 7. The molecular formula is C10H11I2N3O6. The van der Waals surface area contributed by atoms with E-state index < -0.39 is 18.3 Å². The molecule has 116 valence electrons.